The van der Waals surface area contributed by atoms with Crippen molar-refractivity contribution in [3.8, 4) is 5.75 Å². The molecule has 2 N–H and O–H groups in total. The molecule has 2 heterocycles. The average molecular weight is 232 g/mol. The molecule has 1 saturated heterocycles. The second-order valence-corrected chi connectivity index (χ2v) is 5.33. The molecule has 0 aromatic heterocycles. The van der Waals surface area contributed by atoms with Gasteiger partial charge in [-0.25, -0.2) is 0 Å². The fourth-order valence-electron chi connectivity index (χ4n) is 2.98. The normalized spacial score (nSPS) is 33.2. The van der Waals surface area contributed by atoms with Gasteiger partial charge in [0.2, 0.25) is 0 Å². The van der Waals surface area contributed by atoms with E-state index in [1.807, 2.05) is 18.2 Å². The maximum atomic E-state index is 6.39. The van der Waals surface area contributed by atoms with Crippen molar-refractivity contribution in [3.63, 3.8) is 0 Å². The number of benzene rings is 1. The summed E-state index contributed by atoms with van der Waals surface area (Å²) in [5.74, 6) is 1.75. The molecule has 1 aromatic carbocycles. The Morgan fingerprint density at radius 1 is 1.35 bits per heavy atom. The van der Waals surface area contributed by atoms with Crippen LogP contribution in [0.5, 0.6) is 5.75 Å². The van der Waals surface area contributed by atoms with Crippen molar-refractivity contribution < 1.29 is 4.74 Å². The van der Waals surface area contributed by atoms with Crippen LogP contribution < -0.4 is 10.5 Å². The van der Waals surface area contributed by atoms with Crippen LogP contribution in [0.1, 0.15) is 24.9 Å². The lowest BCUT2D eigenvalue weighted by Gasteiger charge is -2.37. The van der Waals surface area contributed by atoms with E-state index < -0.39 is 0 Å². The number of hydrogen-bond acceptors (Lipinski definition) is 3. The van der Waals surface area contributed by atoms with Crippen LogP contribution in [-0.2, 0) is 0 Å². The summed E-state index contributed by atoms with van der Waals surface area (Å²) in [6.45, 7) is 5.35. The fourth-order valence-corrected chi connectivity index (χ4v) is 2.98. The summed E-state index contributed by atoms with van der Waals surface area (Å²) in [6.07, 6.45) is 1.28. The minimum atomic E-state index is 0.0882. The molecule has 3 unspecified atom stereocenters. The van der Waals surface area contributed by atoms with Gasteiger partial charge < -0.3 is 10.5 Å². The molecule has 1 fully saturated rings. The van der Waals surface area contributed by atoms with Crippen LogP contribution in [0.3, 0.4) is 0 Å². The molecule has 2 aliphatic heterocycles. The van der Waals surface area contributed by atoms with Crippen molar-refractivity contribution >= 4 is 0 Å². The third-order valence-electron chi connectivity index (χ3n) is 4.03. The summed E-state index contributed by atoms with van der Waals surface area (Å²) in [7, 11) is 0. The van der Waals surface area contributed by atoms with Crippen molar-refractivity contribution in [2.45, 2.75) is 25.4 Å². The van der Waals surface area contributed by atoms with Crippen LogP contribution in [0.15, 0.2) is 24.3 Å². The molecule has 0 spiro atoms. The molecule has 0 aliphatic carbocycles. The lowest BCUT2D eigenvalue weighted by atomic mass is 9.96. The predicted molar refractivity (Wildman–Crippen MR) is 68.0 cm³/mol. The first-order chi connectivity index (χ1) is 8.25. The molecule has 3 heteroatoms. The van der Waals surface area contributed by atoms with Gasteiger partial charge in [0.25, 0.3) is 0 Å². The van der Waals surface area contributed by atoms with Crippen LogP contribution in [0.2, 0.25) is 0 Å². The maximum Gasteiger partial charge on any atom is 0.124 e. The van der Waals surface area contributed by atoms with E-state index in [-0.39, 0.29) is 6.04 Å². The van der Waals surface area contributed by atoms with Crippen molar-refractivity contribution in [2.24, 2.45) is 11.7 Å². The number of hydrogen-bond donors (Lipinski definition) is 1. The van der Waals surface area contributed by atoms with E-state index in [2.05, 4.69) is 17.9 Å². The Bertz CT molecular complexity index is 407. The molecule has 0 saturated carbocycles. The zero-order valence-electron chi connectivity index (χ0n) is 10.3. The lowest BCUT2D eigenvalue weighted by molar-refractivity contribution is 0.116. The van der Waals surface area contributed by atoms with Gasteiger partial charge in [0.05, 0.1) is 12.1 Å². The first kappa shape index (κ1) is 11.1. The molecule has 3 nitrogen and oxygen atoms in total. The van der Waals surface area contributed by atoms with Gasteiger partial charge in [0.1, 0.15) is 12.4 Å². The van der Waals surface area contributed by atoms with Crippen LogP contribution >= 0.6 is 0 Å². The summed E-state index contributed by atoms with van der Waals surface area (Å²) in [5, 5.41) is 0. The zero-order valence-corrected chi connectivity index (χ0v) is 10.3. The van der Waals surface area contributed by atoms with Crippen molar-refractivity contribution in [1.82, 2.24) is 4.90 Å². The van der Waals surface area contributed by atoms with Gasteiger partial charge in [-0.3, -0.25) is 4.90 Å². The molecule has 92 valence electrons. The summed E-state index contributed by atoms with van der Waals surface area (Å²) >= 11 is 0. The van der Waals surface area contributed by atoms with E-state index in [1.54, 1.807) is 0 Å². The second-order valence-electron chi connectivity index (χ2n) is 5.33. The number of ether oxygens (including phenoxy) is 1. The third kappa shape index (κ3) is 1.94. The highest BCUT2D eigenvalue weighted by molar-refractivity contribution is 5.38. The van der Waals surface area contributed by atoms with Gasteiger partial charge in [-0.05, 0) is 24.9 Å². The number of likely N-dealkylation sites (tertiary alicyclic amines) is 1. The predicted octanol–water partition coefficient (Wildman–Crippen LogP) is 1.79. The highest BCUT2D eigenvalue weighted by Gasteiger charge is 2.35. The summed E-state index contributed by atoms with van der Waals surface area (Å²) in [5.41, 5.74) is 7.55. The highest BCUT2D eigenvalue weighted by atomic mass is 16.5. The van der Waals surface area contributed by atoms with Crippen molar-refractivity contribution in [1.29, 1.82) is 0 Å². The van der Waals surface area contributed by atoms with E-state index >= 15 is 0 Å². The number of fused-ring (bicyclic) bond motifs is 1. The smallest absolute Gasteiger partial charge is 0.124 e. The van der Waals surface area contributed by atoms with Crippen molar-refractivity contribution in [3.05, 3.63) is 29.8 Å². The number of para-hydroxylation sites is 1. The number of rotatable bonds is 1. The SMILES string of the molecule is CC1CCN(C2COc3ccccc3C2N)C1. The average Bonchev–Trinajstić information content (AvgIpc) is 2.77. The van der Waals surface area contributed by atoms with Gasteiger partial charge >= 0.3 is 0 Å². The van der Waals surface area contributed by atoms with E-state index in [9.17, 15) is 0 Å². The molecule has 0 amide bonds. The molecular formula is C14H20N2O. The Balaban J connectivity index is 1.82. The second kappa shape index (κ2) is 4.31. The topological polar surface area (TPSA) is 38.5 Å². The molecule has 1 aromatic rings. The van der Waals surface area contributed by atoms with Crippen LogP contribution in [-0.4, -0.2) is 30.6 Å². The number of nitrogens with two attached hydrogens (primary N) is 1. The summed E-state index contributed by atoms with van der Waals surface area (Å²) < 4.78 is 5.83. The quantitative estimate of drug-likeness (QED) is 0.802. The van der Waals surface area contributed by atoms with E-state index in [0.717, 1.165) is 36.9 Å². The number of nitrogens with zero attached hydrogens (tertiary/aromatic N) is 1. The fraction of sp³-hybridized carbons (Fsp3) is 0.571. The Kier molecular flexibility index (Phi) is 2.81. The van der Waals surface area contributed by atoms with Gasteiger partial charge in [0.15, 0.2) is 0 Å². The molecular weight excluding hydrogens is 212 g/mol. The first-order valence-electron chi connectivity index (χ1n) is 6.47. The minimum absolute atomic E-state index is 0.0882. The Hall–Kier alpha value is -1.06. The summed E-state index contributed by atoms with van der Waals surface area (Å²) in [4.78, 5) is 2.49. The van der Waals surface area contributed by atoms with Crippen LogP contribution in [0.4, 0.5) is 0 Å². The van der Waals surface area contributed by atoms with E-state index in [4.69, 9.17) is 10.5 Å². The molecule has 3 atom stereocenters. The molecule has 3 rings (SSSR count). The minimum Gasteiger partial charge on any atom is -0.492 e. The van der Waals surface area contributed by atoms with Gasteiger partial charge in [0, 0.05) is 12.1 Å². The standard InChI is InChI=1S/C14H20N2O/c1-10-6-7-16(8-10)12-9-17-13-5-3-2-4-11(13)14(12)15/h2-5,10,12,14H,6-9,15H2,1H3. The summed E-state index contributed by atoms with van der Waals surface area (Å²) in [6, 6.07) is 8.57. The Morgan fingerprint density at radius 3 is 2.94 bits per heavy atom. The first-order valence-corrected chi connectivity index (χ1v) is 6.47. The van der Waals surface area contributed by atoms with Crippen LogP contribution in [0, 0.1) is 5.92 Å². The van der Waals surface area contributed by atoms with Gasteiger partial charge in [-0.2, -0.15) is 0 Å². The molecule has 2 aliphatic rings. The molecule has 0 radical (unpaired) electrons. The van der Waals surface area contributed by atoms with E-state index in [0.29, 0.717) is 6.04 Å². The van der Waals surface area contributed by atoms with Gasteiger partial charge in [-0.15, -0.1) is 0 Å². The maximum absolute atomic E-state index is 6.39. The molecule has 0 bridgehead atoms. The monoisotopic (exact) mass is 232 g/mol. The Labute approximate surface area is 103 Å². The van der Waals surface area contributed by atoms with Crippen LogP contribution in [0.25, 0.3) is 0 Å². The highest BCUT2D eigenvalue weighted by Crippen LogP contribution is 2.34. The lowest BCUT2D eigenvalue weighted by Crippen LogP contribution is -2.47. The zero-order chi connectivity index (χ0) is 11.8. The largest absolute Gasteiger partial charge is 0.492 e. The molecule has 17 heavy (non-hydrogen) atoms. The third-order valence-corrected chi connectivity index (χ3v) is 4.03. The van der Waals surface area contributed by atoms with Gasteiger partial charge in [-0.1, -0.05) is 25.1 Å². The van der Waals surface area contributed by atoms with E-state index in [1.165, 1.54) is 6.42 Å². The Morgan fingerprint density at radius 2 is 2.18 bits per heavy atom. The van der Waals surface area contributed by atoms with Crippen molar-refractivity contribution in [2.75, 3.05) is 19.7 Å².